The van der Waals surface area contributed by atoms with Gasteiger partial charge in [-0.3, -0.25) is 14.4 Å². The van der Waals surface area contributed by atoms with E-state index in [9.17, 15) is 24.3 Å². The first-order valence-corrected chi connectivity index (χ1v) is 10.1. The van der Waals surface area contributed by atoms with Crippen molar-refractivity contribution in [2.24, 2.45) is 17.6 Å². The lowest BCUT2D eigenvalue weighted by molar-refractivity contribution is -0.150. The quantitative estimate of drug-likeness (QED) is 0.308. The normalized spacial score (nSPS) is 20.7. The highest BCUT2D eigenvalue weighted by Crippen LogP contribution is 2.21. The Bertz CT molecular complexity index is 612. The third-order valence-electron chi connectivity index (χ3n) is 5.38. The van der Waals surface area contributed by atoms with Crippen molar-refractivity contribution < 1.29 is 29.4 Å². The van der Waals surface area contributed by atoms with E-state index in [1.54, 1.807) is 20.8 Å². The van der Waals surface area contributed by atoms with Crippen LogP contribution < -0.4 is 16.4 Å². The van der Waals surface area contributed by atoms with E-state index in [4.69, 9.17) is 10.8 Å². The van der Waals surface area contributed by atoms with Crippen LogP contribution in [-0.4, -0.2) is 76.1 Å². The maximum Gasteiger partial charge on any atom is 0.326 e. The van der Waals surface area contributed by atoms with Gasteiger partial charge in [0.25, 0.3) is 0 Å². The Labute approximate surface area is 171 Å². The Balaban J connectivity index is 3.00. The number of nitrogens with zero attached hydrogens (tertiary/aromatic N) is 1. The molecule has 1 fully saturated rings. The largest absolute Gasteiger partial charge is 0.480 e. The molecule has 6 N–H and O–H groups in total. The maximum atomic E-state index is 13.1. The summed E-state index contributed by atoms with van der Waals surface area (Å²) in [4.78, 5) is 50.7. The van der Waals surface area contributed by atoms with E-state index in [0.717, 1.165) is 0 Å². The molecule has 0 spiro atoms. The van der Waals surface area contributed by atoms with Gasteiger partial charge in [0, 0.05) is 6.54 Å². The molecular weight excluding hydrogens is 380 g/mol. The van der Waals surface area contributed by atoms with E-state index in [1.807, 2.05) is 6.92 Å². The van der Waals surface area contributed by atoms with Crippen molar-refractivity contribution in [3.8, 4) is 0 Å². The monoisotopic (exact) mass is 414 g/mol. The van der Waals surface area contributed by atoms with E-state index in [1.165, 1.54) is 4.90 Å². The second kappa shape index (κ2) is 11.1. The smallest absolute Gasteiger partial charge is 0.326 e. The summed E-state index contributed by atoms with van der Waals surface area (Å²) in [6, 6.07) is -3.91. The molecule has 1 rings (SSSR count). The zero-order valence-electron chi connectivity index (χ0n) is 17.6. The average Bonchev–Trinajstić information content (AvgIpc) is 3.17. The molecule has 1 aliphatic heterocycles. The van der Waals surface area contributed by atoms with E-state index in [2.05, 4.69) is 10.6 Å². The molecule has 29 heavy (non-hydrogen) atoms. The Morgan fingerprint density at radius 2 is 1.69 bits per heavy atom. The number of likely N-dealkylation sites (tertiary alicyclic amines) is 1. The van der Waals surface area contributed by atoms with Gasteiger partial charge in [0.05, 0.1) is 6.61 Å². The summed E-state index contributed by atoms with van der Waals surface area (Å²) in [7, 11) is 0. The summed E-state index contributed by atoms with van der Waals surface area (Å²) in [6.07, 6.45) is 1.57. The first-order chi connectivity index (χ1) is 13.5. The van der Waals surface area contributed by atoms with Crippen LogP contribution in [0.5, 0.6) is 0 Å². The van der Waals surface area contributed by atoms with Crippen molar-refractivity contribution in [2.75, 3.05) is 13.2 Å². The summed E-state index contributed by atoms with van der Waals surface area (Å²) in [5, 5.41) is 23.6. The summed E-state index contributed by atoms with van der Waals surface area (Å²) in [5.41, 5.74) is 5.50. The molecule has 1 heterocycles. The van der Waals surface area contributed by atoms with Crippen LogP contribution in [0.3, 0.4) is 0 Å². The number of hydrogen-bond acceptors (Lipinski definition) is 6. The summed E-state index contributed by atoms with van der Waals surface area (Å²) in [6.45, 7) is 6.91. The highest BCUT2D eigenvalue weighted by molar-refractivity contribution is 5.94. The van der Waals surface area contributed by atoms with Crippen molar-refractivity contribution in [1.82, 2.24) is 15.5 Å². The first kappa shape index (κ1) is 24.8. The fourth-order valence-electron chi connectivity index (χ4n) is 3.27. The number of carboxylic acid groups (broad SMARTS) is 1. The topological polar surface area (TPSA) is 162 Å². The molecule has 0 aromatic carbocycles. The summed E-state index contributed by atoms with van der Waals surface area (Å²) in [5.74, 6) is -3.24. The standard InChI is InChI=1S/C19H34N4O6/c1-5-11(4)15(18(27)23-8-6-7-13(23)19(28)29)22-17(26)14(10(2)3)21-16(25)12(20)9-24/h10-15,24H,5-9,20H2,1-4H3,(H,21,25)(H,22,26)(H,28,29). The molecule has 5 atom stereocenters. The van der Waals surface area contributed by atoms with Gasteiger partial charge in [-0.05, 0) is 24.7 Å². The Kier molecular flexibility index (Phi) is 9.51. The molecule has 0 aromatic heterocycles. The lowest BCUT2D eigenvalue weighted by atomic mass is 9.95. The number of rotatable bonds is 10. The predicted octanol–water partition coefficient (Wildman–Crippen LogP) is -0.947. The maximum absolute atomic E-state index is 13.1. The minimum Gasteiger partial charge on any atom is -0.480 e. The molecule has 166 valence electrons. The van der Waals surface area contributed by atoms with E-state index < -0.39 is 54.5 Å². The molecule has 10 heteroatoms. The number of carbonyl (C=O) groups is 4. The summed E-state index contributed by atoms with van der Waals surface area (Å²) < 4.78 is 0. The summed E-state index contributed by atoms with van der Waals surface area (Å²) >= 11 is 0. The second-order valence-corrected chi connectivity index (χ2v) is 7.92. The Morgan fingerprint density at radius 3 is 2.17 bits per heavy atom. The van der Waals surface area contributed by atoms with Gasteiger partial charge in [-0.25, -0.2) is 4.79 Å². The molecule has 1 saturated heterocycles. The third kappa shape index (κ3) is 6.40. The van der Waals surface area contributed by atoms with Crippen LogP contribution in [0.2, 0.25) is 0 Å². The number of aliphatic hydroxyl groups excluding tert-OH is 1. The molecule has 0 aliphatic carbocycles. The molecule has 5 unspecified atom stereocenters. The van der Waals surface area contributed by atoms with Crippen molar-refractivity contribution in [1.29, 1.82) is 0 Å². The number of aliphatic carboxylic acids is 1. The van der Waals surface area contributed by atoms with Crippen LogP contribution in [-0.2, 0) is 19.2 Å². The van der Waals surface area contributed by atoms with Crippen LogP contribution in [0.4, 0.5) is 0 Å². The first-order valence-electron chi connectivity index (χ1n) is 10.1. The average molecular weight is 415 g/mol. The molecule has 10 nitrogen and oxygen atoms in total. The number of carbonyl (C=O) groups excluding carboxylic acids is 3. The fourth-order valence-corrected chi connectivity index (χ4v) is 3.27. The SMILES string of the molecule is CCC(C)C(NC(=O)C(NC(=O)C(N)CO)C(C)C)C(=O)N1CCCC1C(=O)O. The van der Waals surface area contributed by atoms with Gasteiger partial charge in [0.15, 0.2) is 0 Å². The van der Waals surface area contributed by atoms with Gasteiger partial charge < -0.3 is 31.5 Å². The lowest BCUT2D eigenvalue weighted by Gasteiger charge is -2.32. The minimum absolute atomic E-state index is 0.232. The van der Waals surface area contributed by atoms with Crippen LogP contribution in [0, 0.1) is 11.8 Å². The van der Waals surface area contributed by atoms with Crippen molar-refractivity contribution in [3.05, 3.63) is 0 Å². The molecule has 0 saturated carbocycles. The third-order valence-corrected chi connectivity index (χ3v) is 5.38. The number of carboxylic acids is 1. The number of aliphatic hydroxyl groups is 1. The highest BCUT2D eigenvalue weighted by Gasteiger charge is 2.40. The van der Waals surface area contributed by atoms with Crippen molar-refractivity contribution in [2.45, 2.75) is 71.1 Å². The molecule has 0 radical (unpaired) electrons. The van der Waals surface area contributed by atoms with E-state index >= 15 is 0 Å². The Hall–Kier alpha value is -2.20. The molecular formula is C19H34N4O6. The van der Waals surface area contributed by atoms with Crippen LogP contribution >= 0.6 is 0 Å². The van der Waals surface area contributed by atoms with Crippen molar-refractivity contribution in [3.63, 3.8) is 0 Å². The highest BCUT2D eigenvalue weighted by atomic mass is 16.4. The second-order valence-electron chi connectivity index (χ2n) is 7.92. The van der Waals surface area contributed by atoms with E-state index in [0.29, 0.717) is 25.8 Å². The number of nitrogens with one attached hydrogen (secondary N) is 2. The van der Waals surface area contributed by atoms with Crippen LogP contribution in [0.15, 0.2) is 0 Å². The number of amides is 3. The van der Waals surface area contributed by atoms with Crippen molar-refractivity contribution >= 4 is 23.7 Å². The molecule has 0 aromatic rings. The van der Waals surface area contributed by atoms with Gasteiger partial charge in [0.2, 0.25) is 17.7 Å². The fraction of sp³-hybridized carbons (Fsp3) is 0.789. The van der Waals surface area contributed by atoms with Crippen LogP contribution in [0.25, 0.3) is 0 Å². The van der Waals surface area contributed by atoms with Gasteiger partial charge in [0.1, 0.15) is 24.2 Å². The zero-order chi connectivity index (χ0) is 22.3. The predicted molar refractivity (Wildman–Crippen MR) is 106 cm³/mol. The Morgan fingerprint density at radius 1 is 1.10 bits per heavy atom. The van der Waals surface area contributed by atoms with Gasteiger partial charge in [-0.2, -0.15) is 0 Å². The van der Waals surface area contributed by atoms with Gasteiger partial charge in [-0.15, -0.1) is 0 Å². The van der Waals surface area contributed by atoms with E-state index in [-0.39, 0.29) is 11.8 Å². The van der Waals surface area contributed by atoms with Gasteiger partial charge >= 0.3 is 5.97 Å². The molecule has 0 bridgehead atoms. The number of hydrogen-bond donors (Lipinski definition) is 5. The molecule has 3 amide bonds. The zero-order valence-corrected chi connectivity index (χ0v) is 17.6. The lowest BCUT2D eigenvalue weighted by Crippen LogP contribution is -2.60. The van der Waals surface area contributed by atoms with Crippen LogP contribution in [0.1, 0.15) is 47.0 Å². The number of nitrogens with two attached hydrogens (primary N) is 1. The minimum atomic E-state index is -1.16. The van der Waals surface area contributed by atoms with Gasteiger partial charge in [-0.1, -0.05) is 34.1 Å². The molecule has 1 aliphatic rings.